The molecule has 3 rings (SSSR count). The van der Waals surface area contributed by atoms with Crippen molar-refractivity contribution in [1.82, 2.24) is 18.8 Å². The molecule has 1 aromatic carbocycles. The summed E-state index contributed by atoms with van der Waals surface area (Å²) in [6.45, 7) is 6.93. The van der Waals surface area contributed by atoms with E-state index >= 15 is 0 Å². The van der Waals surface area contributed by atoms with Crippen molar-refractivity contribution in [3.8, 4) is 0 Å². The van der Waals surface area contributed by atoms with Gasteiger partial charge in [0.25, 0.3) is 0 Å². The molecule has 7 nitrogen and oxygen atoms in total. The highest BCUT2D eigenvalue weighted by molar-refractivity contribution is 7.89. The van der Waals surface area contributed by atoms with Crippen molar-refractivity contribution >= 4 is 27.0 Å². The van der Waals surface area contributed by atoms with Crippen molar-refractivity contribution in [1.29, 1.82) is 0 Å². The number of carbonyl (C=O) groups excluding carboxylic acids is 1. The zero-order valence-corrected chi connectivity index (χ0v) is 19.6. The van der Waals surface area contributed by atoms with Crippen LogP contribution in [0.1, 0.15) is 58.7 Å². The molecule has 2 aromatic rings. The normalized spacial score (nSPS) is 15.6. The molecule has 0 bridgehead atoms. The first-order valence-electron chi connectivity index (χ1n) is 10.9. The Labute approximate surface area is 180 Å². The van der Waals surface area contributed by atoms with Gasteiger partial charge in [-0.15, -0.1) is 0 Å². The van der Waals surface area contributed by atoms with Gasteiger partial charge in [-0.2, -0.15) is 0 Å². The molecular weight excluding hydrogens is 400 g/mol. The Morgan fingerprint density at radius 3 is 2.47 bits per heavy atom. The summed E-state index contributed by atoms with van der Waals surface area (Å²) in [6.07, 6.45) is 5.56. The minimum atomic E-state index is -3.51. The van der Waals surface area contributed by atoms with Gasteiger partial charge in [0.15, 0.2) is 0 Å². The molecule has 8 heteroatoms. The summed E-state index contributed by atoms with van der Waals surface area (Å²) in [7, 11) is -0.472. The van der Waals surface area contributed by atoms with Crippen LogP contribution in [-0.2, 0) is 27.8 Å². The van der Waals surface area contributed by atoms with Crippen molar-refractivity contribution in [2.45, 2.75) is 82.8 Å². The Morgan fingerprint density at radius 1 is 1.23 bits per heavy atom. The first-order valence-corrected chi connectivity index (χ1v) is 12.3. The van der Waals surface area contributed by atoms with Crippen molar-refractivity contribution in [3.05, 3.63) is 24.0 Å². The number of nitrogens with zero attached hydrogens (tertiary/aromatic N) is 4. The van der Waals surface area contributed by atoms with Gasteiger partial charge in [0.1, 0.15) is 5.82 Å². The highest BCUT2D eigenvalue weighted by atomic mass is 32.2. The van der Waals surface area contributed by atoms with E-state index in [-0.39, 0.29) is 16.8 Å². The Morgan fingerprint density at radius 2 is 1.90 bits per heavy atom. The van der Waals surface area contributed by atoms with Gasteiger partial charge in [-0.25, -0.2) is 17.7 Å². The number of aryl methyl sites for hydroxylation is 2. The van der Waals surface area contributed by atoms with Crippen molar-refractivity contribution in [2.75, 3.05) is 14.1 Å². The molecule has 1 aromatic heterocycles. The van der Waals surface area contributed by atoms with E-state index in [4.69, 9.17) is 4.98 Å². The average molecular weight is 435 g/mol. The van der Waals surface area contributed by atoms with E-state index in [0.717, 1.165) is 30.7 Å². The summed E-state index contributed by atoms with van der Waals surface area (Å²) >= 11 is 0. The molecule has 1 fully saturated rings. The molecule has 0 saturated heterocycles. The van der Waals surface area contributed by atoms with Crippen LogP contribution in [0.25, 0.3) is 11.0 Å². The molecule has 30 heavy (non-hydrogen) atoms. The van der Waals surface area contributed by atoms with Gasteiger partial charge in [-0.3, -0.25) is 4.79 Å². The maximum Gasteiger partial charge on any atom is 0.242 e. The molecule has 1 saturated carbocycles. The lowest BCUT2D eigenvalue weighted by atomic mass is 10.1. The molecule has 0 aliphatic heterocycles. The number of benzene rings is 1. The molecule has 0 unspecified atom stereocenters. The number of hydrogen-bond acceptors (Lipinski definition) is 4. The molecule has 166 valence electrons. The van der Waals surface area contributed by atoms with Gasteiger partial charge in [-0.1, -0.05) is 12.8 Å². The summed E-state index contributed by atoms with van der Waals surface area (Å²) in [5, 5.41) is 0. The largest absolute Gasteiger partial charge is 0.337 e. The average Bonchev–Trinajstić information content (AvgIpc) is 3.32. The lowest BCUT2D eigenvalue weighted by Gasteiger charge is -2.33. The first-order chi connectivity index (χ1) is 14.2. The fraction of sp³-hybridized carbons (Fsp3) is 0.636. The van der Waals surface area contributed by atoms with Gasteiger partial charge in [0.2, 0.25) is 15.9 Å². The highest BCUT2D eigenvalue weighted by Gasteiger charge is 2.28. The van der Waals surface area contributed by atoms with E-state index in [9.17, 15) is 13.2 Å². The van der Waals surface area contributed by atoms with Crippen LogP contribution in [0, 0.1) is 0 Å². The zero-order chi connectivity index (χ0) is 22.1. The predicted molar refractivity (Wildman–Crippen MR) is 119 cm³/mol. The van der Waals surface area contributed by atoms with Crippen LogP contribution in [0.4, 0.5) is 0 Å². The summed E-state index contributed by atoms with van der Waals surface area (Å²) in [4.78, 5) is 20.0. The molecule has 1 aliphatic carbocycles. The number of sulfonamides is 1. The second-order valence-corrected chi connectivity index (χ2v) is 10.7. The topological polar surface area (TPSA) is 75.5 Å². The second-order valence-electron chi connectivity index (χ2n) is 8.54. The zero-order valence-electron chi connectivity index (χ0n) is 18.8. The molecule has 0 N–H and O–H groups in total. The summed E-state index contributed by atoms with van der Waals surface area (Å²) in [5.74, 6) is 1.01. The lowest BCUT2D eigenvalue weighted by molar-refractivity contribution is -0.135. The van der Waals surface area contributed by atoms with E-state index in [1.807, 2.05) is 13.0 Å². The number of hydrogen-bond donors (Lipinski definition) is 0. The molecule has 1 aliphatic rings. The Kier molecular flexibility index (Phi) is 6.87. The SMILES string of the molecule is CCn1c(CCC(=O)N(C(C)C)C2CCCC2)nc2cc(S(=O)(=O)N(C)C)ccc21. The minimum Gasteiger partial charge on any atom is -0.337 e. The number of fused-ring (bicyclic) bond motifs is 1. The van der Waals surface area contributed by atoms with Gasteiger partial charge >= 0.3 is 0 Å². The Balaban J connectivity index is 1.84. The third-order valence-corrected chi connectivity index (χ3v) is 7.83. The number of rotatable bonds is 8. The summed E-state index contributed by atoms with van der Waals surface area (Å²) < 4.78 is 28.2. The number of carbonyl (C=O) groups is 1. The van der Waals surface area contributed by atoms with Crippen molar-refractivity contribution < 1.29 is 13.2 Å². The summed E-state index contributed by atoms with van der Waals surface area (Å²) in [5.41, 5.74) is 1.55. The van der Waals surface area contributed by atoms with Crippen molar-refractivity contribution in [2.24, 2.45) is 0 Å². The molecule has 0 atom stereocenters. The van der Waals surface area contributed by atoms with E-state index in [0.29, 0.717) is 24.4 Å². The van der Waals surface area contributed by atoms with E-state index < -0.39 is 10.0 Å². The molecule has 1 heterocycles. The predicted octanol–water partition coefficient (Wildman–Crippen LogP) is 3.42. The first kappa shape index (κ1) is 22.7. The number of imidazole rings is 1. The van der Waals surface area contributed by atoms with Crippen LogP contribution < -0.4 is 0 Å². The monoisotopic (exact) mass is 434 g/mol. The maximum absolute atomic E-state index is 13.0. The maximum atomic E-state index is 13.0. The third kappa shape index (κ3) is 4.39. The standard InChI is InChI=1S/C22H34N4O3S/c1-6-25-20-12-11-18(30(28,29)24(4)5)15-19(20)23-21(25)13-14-22(27)26(16(2)3)17-9-7-8-10-17/h11-12,15-17H,6-10,13-14H2,1-5H3. The minimum absolute atomic E-state index is 0.183. The van der Waals surface area contributed by atoms with Gasteiger partial charge in [-0.05, 0) is 51.8 Å². The van der Waals surface area contributed by atoms with Crippen LogP contribution in [0.5, 0.6) is 0 Å². The van der Waals surface area contributed by atoms with Gasteiger partial charge in [0.05, 0.1) is 15.9 Å². The molecule has 1 amide bonds. The van der Waals surface area contributed by atoms with Crippen LogP contribution in [0.2, 0.25) is 0 Å². The number of aromatic nitrogens is 2. The smallest absolute Gasteiger partial charge is 0.242 e. The second kappa shape index (κ2) is 9.06. The quantitative estimate of drug-likeness (QED) is 0.638. The third-order valence-electron chi connectivity index (χ3n) is 6.02. The van der Waals surface area contributed by atoms with Crippen LogP contribution >= 0.6 is 0 Å². The van der Waals surface area contributed by atoms with Gasteiger partial charge < -0.3 is 9.47 Å². The fourth-order valence-electron chi connectivity index (χ4n) is 4.52. The van der Waals surface area contributed by atoms with Crippen molar-refractivity contribution in [3.63, 3.8) is 0 Å². The van der Waals surface area contributed by atoms with Crippen LogP contribution in [0.15, 0.2) is 23.1 Å². The summed E-state index contributed by atoms with van der Waals surface area (Å²) in [6, 6.07) is 5.62. The van der Waals surface area contributed by atoms with E-state index in [1.165, 1.54) is 31.2 Å². The highest BCUT2D eigenvalue weighted by Crippen LogP contribution is 2.27. The number of amides is 1. The van der Waals surface area contributed by atoms with E-state index in [1.54, 1.807) is 12.1 Å². The van der Waals surface area contributed by atoms with Crippen LogP contribution in [-0.4, -0.2) is 59.3 Å². The molecule has 0 spiro atoms. The molecular formula is C22H34N4O3S. The Bertz CT molecular complexity index is 1000. The Hall–Kier alpha value is -1.93. The lowest BCUT2D eigenvalue weighted by Crippen LogP contribution is -2.43. The molecule has 0 radical (unpaired) electrons. The van der Waals surface area contributed by atoms with Gasteiger partial charge in [0, 0.05) is 45.6 Å². The van der Waals surface area contributed by atoms with Crippen LogP contribution in [0.3, 0.4) is 0 Å². The fourth-order valence-corrected chi connectivity index (χ4v) is 5.44. The van der Waals surface area contributed by atoms with E-state index in [2.05, 4.69) is 23.3 Å².